The van der Waals surface area contributed by atoms with Gasteiger partial charge in [-0.3, -0.25) is 9.80 Å². The third kappa shape index (κ3) is 4.14. The molecule has 0 radical (unpaired) electrons. The Hall–Kier alpha value is -2.04. The number of nitrogens with two attached hydrogens (primary N) is 2. The predicted molar refractivity (Wildman–Crippen MR) is 78.1 cm³/mol. The molecular formula is C14H18F7N3O. The zero-order valence-corrected chi connectivity index (χ0v) is 13.8. The highest BCUT2D eigenvalue weighted by molar-refractivity contribution is 5.99. The first-order valence-corrected chi connectivity index (χ1v) is 6.90. The molecular weight excluding hydrogens is 359 g/mol. The first kappa shape index (κ1) is 23.0. The van der Waals surface area contributed by atoms with Gasteiger partial charge < -0.3 is 5.73 Å². The number of carbonyl (C=O) groups excluding carboxylic acids is 1. The van der Waals surface area contributed by atoms with Crippen molar-refractivity contribution in [2.24, 2.45) is 5.84 Å². The van der Waals surface area contributed by atoms with Gasteiger partial charge in [-0.05, 0) is 18.6 Å². The maximum Gasteiger partial charge on any atom is 0.435 e. The molecule has 0 spiro atoms. The first-order chi connectivity index (χ1) is 11.1. The summed E-state index contributed by atoms with van der Waals surface area (Å²) in [6.45, 7) is 5.04. The highest BCUT2D eigenvalue weighted by atomic mass is 19.4. The summed E-state index contributed by atoms with van der Waals surface area (Å²) in [6.07, 6.45) is -12.6. The Kier molecular flexibility index (Phi) is 6.85. The van der Waals surface area contributed by atoms with Crippen molar-refractivity contribution in [3.8, 4) is 0 Å². The Morgan fingerprint density at radius 1 is 1.00 bits per heavy atom. The van der Waals surface area contributed by atoms with Crippen LogP contribution in [0.5, 0.6) is 0 Å². The maximum atomic E-state index is 14.0. The topological polar surface area (TPSA) is 72.3 Å². The van der Waals surface area contributed by atoms with Crippen LogP contribution in [-0.2, 0) is 5.67 Å². The summed E-state index contributed by atoms with van der Waals surface area (Å²) in [6, 6.07) is 0.401. The lowest BCUT2D eigenvalue weighted by atomic mass is 9.90. The number of nitrogen functional groups attached to an aromatic ring is 1. The normalized spacial score (nSPS) is 12.3. The van der Waals surface area contributed by atoms with Gasteiger partial charge in [0.25, 0.3) is 5.91 Å². The molecule has 0 saturated carbocycles. The van der Waals surface area contributed by atoms with Crippen LogP contribution >= 0.6 is 0 Å². The molecule has 1 aromatic rings. The summed E-state index contributed by atoms with van der Waals surface area (Å²) in [4.78, 5) is 11.7. The first-order valence-electron chi connectivity index (χ1n) is 6.90. The number of carbonyl (C=O) groups is 1. The molecule has 1 rings (SSSR count). The van der Waals surface area contributed by atoms with Crippen LogP contribution in [0.15, 0.2) is 12.1 Å². The molecule has 0 bridgehead atoms. The van der Waals surface area contributed by atoms with Crippen LogP contribution in [0.1, 0.15) is 35.3 Å². The average molecular weight is 377 g/mol. The summed E-state index contributed by atoms with van der Waals surface area (Å²) < 4.78 is 90.6. The van der Waals surface area contributed by atoms with Crippen LogP contribution in [-0.4, -0.2) is 30.3 Å². The van der Waals surface area contributed by atoms with Gasteiger partial charge in [0.15, 0.2) is 0 Å². The zero-order chi connectivity index (χ0) is 20.4. The second kappa shape index (κ2) is 7.46. The van der Waals surface area contributed by atoms with Crippen molar-refractivity contribution >= 4 is 11.6 Å². The molecule has 0 heterocycles. The Morgan fingerprint density at radius 2 is 1.40 bits per heavy atom. The van der Waals surface area contributed by atoms with Crippen molar-refractivity contribution < 1.29 is 35.5 Å². The van der Waals surface area contributed by atoms with E-state index < -0.39 is 40.7 Å². The zero-order valence-electron chi connectivity index (χ0n) is 13.8. The van der Waals surface area contributed by atoms with Crippen molar-refractivity contribution in [1.29, 1.82) is 0 Å². The van der Waals surface area contributed by atoms with Gasteiger partial charge in [-0.2, -0.15) is 26.3 Å². The third-order valence-corrected chi connectivity index (χ3v) is 3.12. The highest BCUT2D eigenvalue weighted by Crippen LogP contribution is 2.53. The van der Waals surface area contributed by atoms with E-state index in [0.717, 1.165) is 14.0 Å². The standard InChI is InChI=1S/C12H12F7N3O.C2H6/c1-5-3-6(4-7(8(5)20)9(23)22(2)21)10(13,11(14,15)16)12(17,18)19;1-2/h3-4H,20-21H2,1-2H3;1-2H3. The number of aryl methyl sites for hydroxylation is 1. The van der Waals surface area contributed by atoms with Gasteiger partial charge in [0.1, 0.15) is 0 Å². The largest absolute Gasteiger partial charge is 0.435 e. The SMILES string of the molecule is CC.Cc1cc(C(F)(C(F)(F)F)C(F)(F)F)cc(C(=O)N(C)N)c1N. The van der Waals surface area contributed by atoms with Gasteiger partial charge in [0.05, 0.1) is 5.56 Å². The second-order valence-corrected chi connectivity index (χ2v) is 4.82. The van der Waals surface area contributed by atoms with Crippen molar-refractivity contribution in [2.45, 2.75) is 38.8 Å². The van der Waals surface area contributed by atoms with E-state index in [1.165, 1.54) is 0 Å². The van der Waals surface area contributed by atoms with E-state index in [-0.39, 0.29) is 11.6 Å². The quantitative estimate of drug-likeness (QED) is 0.270. The molecule has 4 nitrogen and oxygen atoms in total. The lowest BCUT2D eigenvalue weighted by molar-refractivity contribution is -0.348. The van der Waals surface area contributed by atoms with Gasteiger partial charge >= 0.3 is 18.0 Å². The van der Waals surface area contributed by atoms with E-state index in [2.05, 4.69) is 0 Å². The molecule has 0 aliphatic rings. The number of hydrogen-bond acceptors (Lipinski definition) is 3. The van der Waals surface area contributed by atoms with Crippen LogP contribution in [0.2, 0.25) is 0 Å². The number of amides is 1. The molecule has 0 fully saturated rings. The number of benzene rings is 1. The molecule has 11 heteroatoms. The maximum absolute atomic E-state index is 14.0. The summed E-state index contributed by atoms with van der Waals surface area (Å²) in [5.74, 6) is 3.94. The molecule has 1 amide bonds. The molecule has 0 aliphatic carbocycles. The Bertz CT molecular complexity index is 610. The van der Waals surface area contributed by atoms with E-state index in [4.69, 9.17) is 11.6 Å². The monoisotopic (exact) mass is 377 g/mol. The minimum atomic E-state index is -6.29. The van der Waals surface area contributed by atoms with E-state index in [1.807, 2.05) is 13.8 Å². The van der Waals surface area contributed by atoms with Crippen LogP contribution in [0.3, 0.4) is 0 Å². The smallest absolute Gasteiger partial charge is 0.398 e. The summed E-state index contributed by atoms with van der Waals surface area (Å²) in [5, 5.41) is 0.399. The number of nitrogens with zero attached hydrogens (tertiary/aromatic N) is 1. The Balaban J connectivity index is 0.00000277. The van der Waals surface area contributed by atoms with Crippen LogP contribution < -0.4 is 11.6 Å². The molecule has 4 N–H and O–H groups in total. The molecule has 0 atom stereocenters. The van der Waals surface area contributed by atoms with Gasteiger partial charge in [-0.15, -0.1) is 0 Å². The molecule has 0 aliphatic heterocycles. The fourth-order valence-corrected chi connectivity index (χ4v) is 1.85. The second-order valence-electron chi connectivity index (χ2n) is 4.82. The van der Waals surface area contributed by atoms with Crippen molar-refractivity contribution in [3.63, 3.8) is 0 Å². The predicted octanol–water partition coefficient (Wildman–Crippen LogP) is 3.84. The van der Waals surface area contributed by atoms with Gasteiger partial charge in [0.2, 0.25) is 0 Å². The summed E-state index contributed by atoms with van der Waals surface area (Å²) in [5.41, 5.74) is -3.48. The molecule has 1 aromatic carbocycles. The van der Waals surface area contributed by atoms with Crippen molar-refractivity contribution in [2.75, 3.05) is 12.8 Å². The molecule has 144 valence electrons. The number of rotatable bonds is 2. The molecule has 0 aromatic heterocycles. The van der Waals surface area contributed by atoms with E-state index in [0.29, 0.717) is 11.1 Å². The molecule has 0 saturated heterocycles. The Labute approximate surface area is 139 Å². The summed E-state index contributed by atoms with van der Waals surface area (Å²) >= 11 is 0. The number of halogens is 7. The summed E-state index contributed by atoms with van der Waals surface area (Å²) in [7, 11) is 1.000. The van der Waals surface area contributed by atoms with Gasteiger partial charge in [-0.1, -0.05) is 19.9 Å². The van der Waals surface area contributed by atoms with E-state index >= 15 is 0 Å². The van der Waals surface area contributed by atoms with Crippen LogP contribution in [0.4, 0.5) is 36.4 Å². The number of anilines is 1. The third-order valence-electron chi connectivity index (χ3n) is 3.12. The number of hydrazine groups is 1. The van der Waals surface area contributed by atoms with Crippen molar-refractivity contribution in [3.05, 3.63) is 28.8 Å². The van der Waals surface area contributed by atoms with Gasteiger partial charge in [-0.25, -0.2) is 10.2 Å². The lowest BCUT2D eigenvalue weighted by Crippen LogP contribution is -2.50. The highest BCUT2D eigenvalue weighted by Gasteiger charge is 2.73. The average Bonchev–Trinajstić information content (AvgIpc) is 2.47. The van der Waals surface area contributed by atoms with Gasteiger partial charge in [0, 0.05) is 18.3 Å². The lowest BCUT2D eigenvalue weighted by Gasteiger charge is -2.31. The minimum absolute atomic E-state index is 0.106. The fourth-order valence-electron chi connectivity index (χ4n) is 1.85. The van der Waals surface area contributed by atoms with E-state index in [1.54, 1.807) is 0 Å². The molecule has 25 heavy (non-hydrogen) atoms. The van der Waals surface area contributed by atoms with Crippen molar-refractivity contribution in [1.82, 2.24) is 5.01 Å². The fraction of sp³-hybridized carbons (Fsp3) is 0.500. The van der Waals surface area contributed by atoms with Crippen LogP contribution in [0.25, 0.3) is 0 Å². The minimum Gasteiger partial charge on any atom is -0.398 e. The number of alkyl halides is 7. The number of hydrogen-bond donors (Lipinski definition) is 2. The van der Waals surface area contributed by atoms with E-state index in [9.17, 15) is 35.5 Å². The van der Waals surface area contributed by atoms with Crippen LogP contribution in [0, 0.1) is 6.92 Å². The Morgan fingerprint density at radius 3 is 1.72 bits per heavy atom. The molecule has 0 unspecified atom stereocenters.